The molecular weight excluding hydrogens is 224 g/mol. The molecule has 90 valence electrons. The average molecular weight is 238 g/mol. The van der Waals surface area contributed by atoms with Gasteiger partial charge in [-0.25, -0.2) is 9.97 Å². The van der Waals surface area contributed by atoms with Crippen LogP contribution in [-0.2, 0) is 6.54 Å². The van der Waals surface area contributed by atoms with Crippen molar-refractivity contribution >= 4 is 5.65 Å². The van der Waals surface area contributed by atoms with E-state index in [0.717, 1.165) is 28.4 Å². The topological polar surface area (TPSA) is 56.2 Å². The number of hydrogen-bond acceptors (Lipinski definition) is 3. The van der Waals surface area contributed by atoms with E-state index in [9.17, 15) is 0 Å². The predicted molar refractivity (Wildman–Crippen MR) is 71.1 cm³/mol. The summed E-state index contributed by atoms with van der Waals surface area (Å²) in [6, 6.07) is 12.1. The van der Waals surface area contributed by atoms with Crippen molar-refractivity contribution in [2.24, 2.45) is 5.73 Å². The van der Waals surface area contributed by atoms with Crippen LogP contribution in [0.25, 0.3) is 16.9 Å². The molecule has 3 aromatic rings. The molecule has 0 fully saturated rings. The quantitative estimate of drug-likeness (QED) is 0.744. The fourth-order valence-electron chi connectivity index (χ4n) is 2.04. The predicted octanol–water partition coefficient (Wildman–Crippen LogP) is 2.16. The Kier molecular flexibility index (Phi) is 2.57. The summed E-state index contributed by atoms with van der Waals surface area (Å²) in [6.45, 7) is 2.42. The Balaban J connectivity index is 2.21. The van der Waals surface area contributed by atoms with Crippen molar-refractivity contribution in [2.45, 2.75) is 13.5 Å². The molecule has 3 rings (SSSR count). The third-order valence-electron chi connectivity index (χ3n) is 2.96. The molecule has 0 aliphatic carbocycles. The number of fused-ring (bicyclic) bond motifs is 1. The number of benzene rings is 1. The van der Waals surface area contributed by atoms with Gasteiger partial charge in [-0.1, -0.05) is 30.3 Å². The number of rotatable bonds is 2. The molecule has 18 heavy (non-hydrogen) atoms. The van der Waals surface area contributed by atoms with Crippen LogP contribution in [0.4, 0.5) is 0 Å². The van der Waals surface area contributed by atoms with Crippen LogP contribution in [0.3, 0.4) is 0 Å². The number of nitrogens with two attached hydrogens (primary N) is 1. The highest BCUT2D eigenvalue weighted by Gasteiger charge is 2.07. The second kappa shape index (κ2) is 4.23. The number of aryl methyl sites for hydroxylation is 1. The van der Waals surface area contributed by atoms with Crippen molar-refractivity contribution in [3.8, 4) is 11.3 Å². The van der Waals surface area contributed by atoms with Crippen molar-refractivity contribution in [2.75, 3.05) is 0 Å². The lowest BCUT2D eigenvalue weighted by atomic mass is 10.1. The summed E-state index contributed by atoms with van der Waals surface area (Å²) in [7, 11) is 0. The van der Waals surface area contributed by atoms with Gasteiger partial charge in [-0.05, 0) is 6.92 Å². The van der Waals surface area contributed by atoms with Gasteiger partial charge in [-0.3, -0.25) is 4.40 Å². The molecule has 2 heterocycles. The lowest BCUT2D eigenvalue weighted by Gasteiger charge is -2.04. The molecule has 0 aliphatic rings. The summed E-state index contributed by atoms with van der Waals surface area (Å²) in [4.78, 5) is 9.08. The van der Waals surface area contributed by atoms with E-state index in [-0.39, 0.29) is 0 Å². The molecule has 2 N–H and O–H groups in total. The lowest BCUT2D eigenvalue weighted by molar-refractivity contribution is 0.981. The summed E-state index contributed by atoms with van der Waals surface area (Å²) in [5, 5.41) is 0. The normalized spacial score (nSPS) is 11.0. The van der Waals surface area contributed by atoms with E-state index in [1.54, 1.807) is 0 Å². The van der Waals surface area contributed by atoms with E-state index in [1.165, 1.54) is 0 Å². The van der Waals surface area contributed by atoms with Gasteiger partial charge in [-0.15, -0.1) is 0 Å². The highest BCUT2D eigenvalue weighted by atomic mass is 15.1. The van der Waals surface area contributed by atoms with E-state index in [1.807, 2.05) is 53.9 Å². The first-order valence-corrected chi connectivity index (χ1v) is 5.89. The maximum Gasteiger partial charge on any atom is 0.140 e. The first-order chi connectivity index (χ1) is 8.78. The molecule has 0 saturated carbocycles. The van der Waals surface area contributed by atoms with Gasteiger partial charge in [0.05, 0.1) is 11.4 Å². The largest absolute Gasteiger partial charge is 0.325 e. The van der Waals surface area contributed by atoms with Crippen LogP contribution in [0.5, 0.6) is 0 Å². The van der Waals surface area contributed by atoms with Crippen molar-refractivity contribution < 1.29 is 0 Å². The molecule has 4 heteroatoms. The van der Waals surface area contributed by atoms with Gasteiger partial charge in [0.15, 0.2) is 0 Å². The van der Waals surface area contributed by atoms with Gasteiger partial charge in [0.2, 0.25) is 0 Å². The smallest absolute Gasteiger partial charge is 0.140 e. The zero-order valence-electron chi connectivity index (χ0n) is 10.2. The highest BCUT2D eigenvalue weighted by Crippen LogP contribution is 2.19. The Morgan fingerprint density at radius 1 is 1.17 bits per heavy atom. The maximum atomic E-state index is 5.62. The Bertz CT molecular complexity index is 686. The first-order valence-electron chi connectivity index (χ1n) is 5.89. The van der Waals surface area contributed by atoms with Crippen molar-refractivity contribution in [3.05, 3.63) is 54.1 Å². The van der Waals surface area contributed by atoms with Gasteiger partial charge in [0.1, 0.15) is 11.5 Å². The standard InChI is InChI=1S/C14H14N4/c1-10-16-13(11-5-3-2-4-6-11)7-14-17-12(8-15)9-18(10)14/h2-7,9H,8,15H2,1H3. The maximum absolute atomic E-state index is 5.62. The SMILES string of the molecule is Cc1nc(-c2ccccc2)cc2nc(CN)cn12. The van der Waals surface area contributed by atoms with Gasteiger partial charge in [-0.2, -0.15) is 0 Å². The van der Waals surface area contributed by atoms with Gasteiger partial charge in [0, 0.05) is 24.4 Å². The average Bonchev–Trinajstić information content (AvgIpc) is 2.83. The fourth-order valence-corrected chi connectivity index (χ4v) is 2.04. The van der Waals surface area contributed by atoms with Crippen LogP contribution in [0.2, 0.25) is 0 Å². The number of hydrogen-bond donors (Lipinski definition) is 1. The molecule has 4 nitrogen and oxygen atoms in total. The molecule has 0 spiro atoms. The Hall–Kier alpha value is -2.20. The minimum Gasteiger partial charge on any atom is -0.325 e. The van der Waals surface area contributed by atoms with Crippen LogP contribution in [0, 0.1) is 6.92 Å². The van der Waals surface area contributed by atoms with Gasteiger partial charge < -0.3 is 5.73 Å². The second-order valence-electron chi connectivity index (χ2n) is 4.22. The summed E-state index contributed by atoms with van der Waals surface area (Å²) < 4.78 is 1.97. The minimum atomic E-state index is 0.446. The van der Waals surface area contributed by atoms with Gasteiger partial charge >= 0.3 is 0 Å². The molecule has 0 atom stereocenters. The van der Waals surface area contributed by atoms with Gasteiger partial charge in [0.25, 0.3) is 0 Å². The van der Waals surface area contributed by atoms with E-state index in [4.69, 9.17) is 5.73 Å². The summed E-state index contributed by atoms with van der Waals surface area (Å²) in [5.74, 6) is 0.915. The van der Waals surface area contributed by atoms with E-state index >= 15 is 0 Å². The summed E-state index contributed by atoms with van der Waals surface area (Å²) >= 11 is 0. The van der Waals surface area contributed by atoms with Crippen LogP contribution in [-0.4, -0.2) is 14.4 Å². The zero-order chi connectivity index (χ0) is 12.5. The van der Waals surface area contributed by atoms with Crippen LogP contribution in [0.15, 0.2) is 42.6 Å². The monoisotopic (exact) mass is 238 g/mol. The molecule has 0 unspecified atom stereocenters. The fraction of sp³-hybridized carbons (Fsp3) is 0.143. The molecule has 0 saturated heterocycles. The molecular formula is C14H14N4. The van der Waals surface area contributed by atoms with E-state index < -0.39 is 0 Å². The Morgan fingerprint density at radius 3 is 2.67 bits per heavy atom. The van der Waals surface area contributed by atoms with Crippen LogP contribution in [0.1, 0.15) is 11.5 Å². The zero-order valence-corrected chi connectivity index (χ0v) is 10.2. The molecule has 0 aliphatic heterocycles. The third kappa shape index (κ3) is 1.76. The number of nitrogens with zero attached hydrogens (tertiary/aromatic N) is 3. The number of imidazole rings is 1. The lowest BCUT2D eigenvalue weighted by Crippen LogP contribution is -1.96. The van der Waals surface area contributed by atoms with Crippen molar-refractivity contribution in [1.29, 1.82) is 0 Å². The van der Waals surface area contributed by atoms with Crippen molar-refractivity contribution in [1.82, 2.24) is 14.4 Å². The molecule has 1 aromatic carbocycles. The summed E-state index contributed by atoms with van der Waals surface area (Å²) in [5.41, 5.74) is 9.42. The van der Waals surface area contributed by atoms with Crippen LogP contribution >= 0.6 is 0 Å². The molecule has 2 aromatic heterocycles. The third-order valence-corrected chi connectivity index (χ3v) is 2.96. The number of aromatic nitrogens is 3. The van der Waals surface area contributed by atoms with E-state index in [0.29, 0.717) is 6.54 Å². The first kappa shape index (κ1) is 10.9. The Labute approximate surface area is 105 Å². The molecule has 0 radical (unpaired) electrons. The van der Waals surface area contributed by atoms with Crippen LogP contribution < -0.4 is 5.73 Å². The molecule has 0 bridgehead atoms. The van der Waals surface area contributed by atoms with E-state index in [2.05, 4.69) is 9.97 Å². The summed E-state index contributed by atoms with van der Waals surface area (Å²) in [6.07, 6.45) is 1.94. The van der Waals surface area contributed by atoms with Crippen molar-refractivity contribution in [3.63, 3.8) is 0 Å². The Morgan fingerprint density at radius 2 is 1.94 bits per heavy atom. The minimum absolute atomic E-state index is 0.446. The highest BCUT2D eigenvalue weighted by molar-refractivity contribution is 5.63. The molecule has 0 amide bonds. The second-order valence-corrected chi connectivity index (χ2v) is 4.22.